The van der Waals surface area contributed by atoms with E-state index >= 15 is 0 Å². The lowest BCUT2D eigenvalue weighted by Crippen LogP contribution is -2.49. The quantitative estimate of drug-likeness (QED) is 0.389. The standard InChI is InChI=1S/C27H28F5NO4S/c1-25(29,27(30,31)32)18-3-9-22-17(16-18)2-8-23-21(24(34)33-12-14-37-15-13-33)10-11-26(22,23)38(35,36)20-6-4-19(28)5-7-20/h3-7,9,16,21,23H,2,8,10-15H2,1H3/t21-,23+,25?,26-/m1/s1. The Bertz CT molecular complexity index is 1340. The van der Waals surface area contributed by atoms with E-state index in [9.17, 15) is 35.2 Å². The number of halogens is 5. The molecule has 1 saturated carbocycles. The van der Waals surface area contributed by atoms with Crippen molar-refractivity contribution in [2.75, 3.05) is 26.3 Å². The van der Waals surface area contributed by atoms with Gasteiger partial charge in [0, 0.05) is 19.0 Å². The highest BCUT2D eigenvalue weighted by atomic mass is 32.2. The Morgan fingerprint density at radius 2 is 1.68 bits per heavy atom. The van der Waals surface area contributed by atoms with Gasteiger partial charge in [-0.15, -0.1) is 0 Å². The number of morpholine rings is 1. The number of aryl methyl sites for hydroxylation is 1. The van der Waals surface area contributed by atoms with Crippen LogP contribution in [0.2, 0.25) is 0 Å². The van der Waals surface area contributed by atoms with Gasteiger partial charge < -0.3 is 9.64 Å². The Morgan fingerprint density at radius 3 is 2.32 bits per heavy atom. The van der Waals surface area contributed by atoms with Crippen molar-refractivity contribution in [1.82, 2.24) is 4.90 Å². The molecule has 2 fully saturated rings. The molecule has 0 N–H and O–H groups in total. The van der Waals surface area contributed by atoms with E-state index < -0.39 is 49.6 Å². The SMILES string of the molecule is CC(F)(c1ccc2c(c1)CC[C@H]1[C@H](C(=O)N3CCOCC3)CC[C@@]21S(=O)(=O)c1ccc(F)cc1)C(F)(F)F. The first-order valence-electron chi connectivity index (χ1n) is 12.6. The number of carbonyl (C=O) groups is 1. The van der Waals surface area contributed by atoms with E-state index in [0.717, 1.165) is 24.3 Å². The maximum atomic E-state index is 14.8. The zero-order valence-electron chi connectivity index (χ0n) is 20.7. The molecule has 2 aromatic rings. The molecule has 206 valence electrons. The number of carbonyl (C=O) groups excluding carboxylic acids is 1. The van der Waals surface area contributed by atoms with Gasteiger partial charge in [0.25, 0.3) is 0 Å². The van der Waals surface area contributed by atoms with Gasteiger partial charge in [0.1, 0.15) is 10.6 Å². The van der Waals surface area contributed by atoms with Gasteiger partial charge in [-0.05, 0) is 79.5 Å². The molecule has 0 aromatic heterocycles. The van der Waals surface area contributed by atoms with Gasteiger partial charge in [0.05, 0.1) is 18.1 Å². The Labute approximate surface area is 217 Å². The summed E-state index contributed by atoms with van der Waals surface area (Å²) < 4.78 is 101. The molecule has 2 aromatic carbocycles. The number of ether oxygens (including phenoxy) is 1. The van der Waals surface area contributed by atoms with Gasteiger partial charge >= 0.3 is 6.18 Å². The summed E-state index contributed by atoms with van der Waals surface area (Å²) in [5.41, 5.74) is -3.61. The Hall–Kier alpha value is -2.53. The molecular formula is C27H28F5NO4S. The number of hydrogen-bond acceptors (Lipinski definition) is 4. The van der Waals surface area contributed by atoms with Crippen molar-refractivity contribution in [2.24, 2.45) is 11.8 Å². The largest absolute Gasteiger partial charge is 0.426 e. The molecule has 5 nitrogen and oxygen atoms in total. The summed E-state index contributed by atoms with van der Waals surface area (Å²) >= 11 is 0. The Morgan fingerprint density at radius 1 is 1.03 bits per heavy atom. The topological polar surface area (TPSA) is 63.7 Å². The minimum absolute atomic E-state index is 0.0661. The zero-order chi connectivity index (χ0) is 27.5. The summed E-state index contributed by atoms with van der Waals surface area (Å²) in [4.78, 5) is 15.1. The van der Waals surface area contributed by atoms with Gasteiger partial charge in [0.2, 0.25) is 11.6 Å². The summed E-state index contributed by atoms with van der Waals surface area (Å²) in [5.74, 6) is -2.04. The molecule has 11 heteroatoms. The van der Waals surface area contributed by atoms with Crippen LogP contribution in [0.25, 0.3) is 0 Å². The minimum atomic E-state index is -5.15. The average Bonchev–Trinajstić information content (AvgIpc) is 3.30. The molecule has 3 aliphatic rings. The number of amides is 1. The summed E-state index contributed by atoms with van der Waals surface area (Å²) in [6, 6.07) is 7.79. The van der Waals surface area contributed by atoms with Crippen LogP contribution in [-0.2, 0) is 36.2 Å². The van der Waals surface area contributed by atoms with Crippen molar-refractivity contribution in [1.29, 1.82) is 0 Å². The Kier molecular flexibility index (Phi) is 6.61. The van der Waals surface area contributed by atoms with Crippen LogP contribution in [0.15, 0.2) is 47.4 Å². The van der Waals surface area contributed by atoms with E-state index in [1.165, 1.54) is 18.2 Å². The smallest absolute Gasteiger partial charge is 0.378 e. The van der Waals surface area contributed by atoms with Gasteiger partial charge in [0.15, 0.2) is 9.84 Å². The second-order valence-electron chi connectivity index (χ2n) is 10.4. The van der Waals surface area contributed by atoms with Crippen molar-refractivity contribution < 1.29 is 39.9 Å². The number of benzene rings is 2. The van der Waals surface area contributed by atoms with Gasteiger partial charge in [-0.3, -0.25) is 4.79 Å². The molecule has 1 heterocycles. The van der Waals surface area contributed by atoms with Crippen LogP contribution < -0.4 is 0 Å². The fourth-order valence-corrected chi connectivity index (χ4v) is 8.92. The van der Waals surface area contributed by atoms with E-state index in [1.807, 2.05) is 0 Å². The lowest BCUT2D eigenvalue weighted by molar-refractivity contribution is -0.228. The molecule has 1 aliphatic heterocycles. The maximum Gasteiger partial charge on any atom is 0.426 e. The molecule has 0 radical (unpaired) electrons. The normalized spacial score (nSPS) is 27.4. The van der Waals surface area contributed by atoms with Crippen LogP contribution in [0.3, 0.4) is 0 Å². The Balaban J connectivity index is 1.65. The van der Waals surface area contributed by atoms with Gasteiger partial charge in [-0.1, -0.05) is 18.2 Å². The first-order chi connectivity index (χ1) is 17.8. The van der Waals surface area contributed by atoms with Crippen LogP contribution in [0, 0.1) is 17.7 Å². The highest BCUT2D eigenvalue weighted by molar-refractivity contribution is 7.92. The molecule has 38 heavy (non-hydrogen) atoms. The third-order valence-electron chi connectivity index (χ3n) is 8.52. The van der Waals surface area contributed by atoms with E-state index in [2.05, 4.69) is 0 Å². The number of rotatable bonds is 4. The average molecular weight is 558 g/mol. The van der Waals surface area contributed by atoms with Gasteiger partial charge in [-0.25, -0.2) is 17.2 Å². The number of alkyl halides is 4. The predicted molar refractivity (Wildman–Crippen MR) is 128 cm³/mol. The molecule has 1 unspecified atom stereocenters. The van der Waals surface area contributed by atoms with Crippen molar-refractivity contribution >= 4 is 15.7 Å². The first-order valence-corrected chi connectivity index (χ1v) is 14.1. The van der Waals surface area contributed by atoms with Crippen LogP contribution in [0.5, 0.6) is 0 Å². The lowest BCUT2D eigenvalue weighted by atomic mass is 9.72. The van der Waals surface area contributed by atoms with E-state index in [0.29, 0.717) is 38.8 Å². The van der Waals surface area contributed by atoms with Crippen LogP contribution in [0.4, 0.5) is 22.0 Å². The molecule has 4 atom stereocenters. The number of fused-ring (bicyclic) bond motifs is 3. The van der Waals surface area contributed by atoms with Crippen LogP contribution >= 0.6 is 0 Å². The third kappa shape index (κ3) is 4.04. The van der Waals surface area contributed by atoms with E-state index in [4.69, 9.17) is 4.74 Å². The van der Waals surface area contributed by atoms with E-state index in [-0.39, 0.29) is 42.0 Å². The number of nitrogens with zero attached hydrogens (tertiary/aromatic N) is 1. The number of hydrogen-bond donors (Lipinski definition) is 0. The van der Waals surface area contributed by atoms with Crippen molar-refractivity contribution in [3.8, 4) is 0 Å². The lowest BCUT2D eigenvalue weighted by Gasteiger charge is -2.43. The number of sulfone groups is 1. The third-order valence-corrected chi connectivity index (χ3v) is 11.1. The molecule has 1 amide bonds. The fourth-order valence-electron chi connectivity index (χ4n) is 6.45. The molecule has 2 aliphatic carbocycles. The van der Waals surface area contributed by atoms with Crippen molar-refractivity contribution in [3.63, 3.8) is 0 Å². The first kappa shape index (κ1) is 27.1. The molecular weight excluding hydrogens is 529 g/mol. The maximum absolute atomic E-state index is 14.8. The molecule has 5 rings (SSSR count). The van der Waals surface area contributed by atoms with Crippen molar-refractivity contribution in [2.45, 2.75) is 54.1 Å². The molecule has 0 spiro atoms. The fraction of sp³-hybridized carbons (Fsp3) is 0.519. The van der Waals surface area contributed by atoms with Crippen LogP contribution in [0.1, 0.15) is 42.9 Å². The summed E-state index contributed by atoms with van der Waals surface area (Å²) in [6.45, 7) is 2.00. The second kappa shape index (κ2) is 9.29. The van der Waals surface area contributed by atoms with Gasteiger partial charge in [-0.2, -0.15) is 13.2 Å². The van der Waals surface area contributed by atoms with Crippen molar-refractivity contribution in [3.05, 3.63) is 65.0 Å². The molecule has 1 saturated heterocycles. The summed E-state index contributed by atoms with van der Waals surface area (Å²) in [6.07, 6.45) is -4.39. The highest BCUT2D eigenvalue weighted by Gasteiger charge is 2.62. The molecule has 0 bridgehead atoms. The second-order valence-corrected chi connectivity index (χ2v) is 12.7. The van der Waals surface area contributed by atoms with E-state index in [1.54, 1.807) is 4.90 Å². The minimum Gasteiger partial charge on any atom is -0.378 e. The highest BCUT2D eigenvalue weighted by Crippen LogP contribution is 2.60. The van der Waals surface area contributed by atoms with Crippen LogP contribution in [-0.4, -0.2) is 51.7 Å². The summed E-state index contributed by atoms with van der Waals surface area (Å²) in [5, 5.41) is 0. The zero-order valence-corrected chi connectivity index (χ0v) is 21.5. The summed E-state index contributed by atoms with van der Waals surface area (Å²) in [7, 11) is -4.24. The monoisotopic (exact) mass is 557 g/mol. The predicted octanol–water partition coefficient (Wildman–Crippen LogP) is 5.07.